The summed E-state index contributed by atoms with van der Waals surface area (Å²) in [6, 6.07) is -0.724. The van der Waals surface area contributed by atoms with Crippen LogP contribution >= 0.6 is 0 Å². The maximum atomic E-state index is 12.3. The maximum absolute atomic E-state index is 12.3. The maximum Gasteiger partial charge on any atom is 0.320 e. The van der Waals surface area contributed by atoms with Gasteiger partial charge in [-0.3, -0.25) is 14.5 Å². The highest BCUT2D eigenvalue weighted by Crippen LogP contribution is 2.17. The molecule has 2 fully saturated rings. The standard InChI is InChI=1S/C12H21N3O4/c1-8(12(17)18)14-2-4-15(5-3-14)11(16)9-6-19-7-10(9)13/h8-10H,2-7,13H2,1H3,(H,17,18). The molecule has 108 valence electrons. The second kappa shape index (κ2) is 5.85. The Labute approximate surface area is 112 Å². The van der Waals surface area contributed by atoms with E-state index in [2.05, 4.69) is 0 Å². The lowest BCUT2D eigenvalue weighted by atomic mass is 10.0. The normalized spacial score (nSPS) is 30.3. The Balaban J connectivity index is 1.86. The van der Waals surface area contributed by atoms with Gasteiger partial charge in [0, 0.05) is 32.2 Å². The van der Waals surface area contributed by atoms with Gasteiger partial charge in [0.15, 0.2) is 0 Å². The average Bonchev–Trinajstić information content (AvgIpc) is 2.83. The number of nitrogens with two attached hydrogens (primary N) is 1. The molecule has 3 N–H and O–H groups in total. The summed E-state index contributed by atoms with van der Waals surface area (Å²) >= 11 is 0. The molecular weight excluding hydrogens is 250 g/mol. The first-order chi connectivity index (χ1) is 9.00. The monoisotopic (exact) mass is 271 g/mol. The zero-order chi connectivity index (χ0) is 14.0. The van der Waals surface area contributed by atoms with Crippen molar-refractivity contribution in [3.63, 3.8) is 0 Å². The van der Waals surface area contributed by atoms with Gasteiger partial charge in [-0.05, 0) is 6.92 Å². The van der Waals surface area contributed by atoms with E-state index in [1.54, 1.807) is 11.8 Å². The third-order valence-electron chi connectivity index (χ3n) is 3.97. The zero-order valence-corrected chi connectivity index (χ0v) is 11.1. The molecule has 0 bridgehead atoms. The minimum absolute atomic E-state index is 0.0348. The summed E-state index contributed by atoms with van der Waals surface area (Å²) in [5.74, 6) is -1.04. The summed E-state index contributed by atoms with van der Waals surface area (Å²) in [4.78, 5) is 26.8. The van der Waals surface area contributed by atoms with Gasteiger partial charge in [-0.25, -0.2) is 0 Å². The molecule has 0 aromatic rings. The molecule has 2 aliphatic rings. The molecular formula is C12H21N3O4. The molecule has 7 heteroatoms. The van der Waals surface area contributed by atoms with Crippen molar-refractivity contribution >= 4 is 11.9 Å². The predicted octanol–water partition coefficient (Wildman–Crippen LogP) is -1.42. The van der Waals surface area contributed by atoms with Crippen LogP contribution in [0.3, 0.4) is 0 Å². The third-order valence-corrected chi connectivity index (χ3v) is 3.97. The van der Waals surface area contributed by atoms with Crippen LogP contribution in [0.25, 0.3) is 0 Å². The third kappa shape index (κ3) is 3.05. The summed E-state index contributed by atoms with van der Waals surface area (Å²) < 4.78 is 5.21. The molecule has 0 saturated carbocycles. The summed E-state index contributed by atoms with van der Waals surface area (Å²) in [7, 11) is 0. The minimum atomic E-state index is -0.828. The van der Waals surface area contributed by atoms with E-state index in [4.69, 9.17) is 15.6 Å². The van der Waals surface area contributed by atoms with Crippen molar-refractivity contribution in [2.45, 2.75) is 19.0 Å². The summed E-state index contributed by atoms with van der Waals surface area (Å²) in [6.07, 6.45) is 0. The van der Waals surface area contributed by atoms with Gasteiger partial charge < -0.3 is 20.5 Å². The van der Waals surface area contributed by atoms with Crippen molar-refractivity contribution in [2.75, 3.05) is 39.4 Å². The number of rotatable bonds is 3. The van der Waals surface area contributed by atoms with Crippen molar-refractivity contribution in [3.05, 3.63) is 0 Å². The molecule has 1 amide bonds. The highest BCUT2D eigenvalue weighted by atomic mass is 16.5. The molecule has 7 nitrogen and oxygen atoms in total. The van der Waals surface area contributed by atoms with Gasteiger partial charge in [0.1, 0.15) is 6.04 Å². The number of carbonyl (C=O) groups is 2. The Morgan fingerprint density at radius 2 is 1.89 bits per heavy atom. The van der Waals surface area contributed by atoms with Crippen LogP contribution in [0.15, 0.2) is 0 Å². The Hall–Kier alpha value is -1.18. The van der Waals surface area contributed by atoms with Gasteiger partial charge in [0.25, 0.3) is 0 Å². The van der Waals surface area contributed by atoms with E-state index in [0.29, 0.717) is 39.4 Å². The lowest BCUT2D eigenvalue weighted by molar-refractivity contribution is -0.144. The number of carbonyl (C=O) groups excluding carboxylic acids is 1. The van der Waals surface area contributed by atoms with Gasteiger partial charge in [0.05, 0.1) is 19.1 Å². The summed E-state index contributed by atoms with van der Waals surface area (Å²) in [5.41, 5.74) is 5.84. The lowest BCUT2D eigenvalue weighted by Crippen LogP contribution is -2.55. The van der Waals surface area contributed by atoms with Crippen molar-refractivity contribution in [1.29, 1.82) is 0 Å². The van der Waals surface area contributed by atoms with E-state index >= 15 is 0 Å². The number of piperazine rings is 1. The Bertz CT molecular complexity index is 355. The molecule has 3 unspecified atom stereocenters. The summed E-state index contributed by atoms with van der Waals surface area (Å²) in [6.45, 7) is 4.78. The number of hydrogen-bond donors (Lipinski definition) is 2. The topological polar surface area (TPSA) is 96.1 Å². The SMILES string of the molecule is CC(C(=O)O)N1CCN(C(=O)C2COCC2N)CC1. The lowest BCUT2D eigenvalue weighted by Gasteiger charge is -2.37. The van der Waals surface area contributed by atoms with Gasteiger partial charge in [-0.15, -0.1) is 0 Å². The fraction of sp³-hybridized carbons (Fsp3) is 0.833. The van der Waals surface area contributed by atoms with E-state index in [0.717, 1.165) is 0 Å². The second-order valence-electron chi connectivity index (χ2n) is 5.18. The largest absolute Gasteiger partial charge is 0.480 e. The number of amides is 1. The van der Waals surface area contributed by atoms with Crippen molar-refractivity contribution in [3.8, 4) is 0 Å². The average molecular weight is 271 g/mol. The molecule has 0 aliphatic carbocycles. The zero-order valence-electron chi connectivity index (χ0n) is 11.1. The smallest absolute Gasteiger partial charge is 0.320 e. The molecule has 2 rings (SSSR count). The van der Waals surface area contributed by atoms with Crippen LogP contribution in [0, 0.1) is 5.92 Å². The first-order valence-corrected chi connectivity index (χ1v) is 6.59. The van der Waals surface area contributed by atoms with E-state index in [-0.39, 0.29) is 17.9 Å². The van der Waals surface area contributed by atoms with Crippen LogP contribution in [0.2, 0.25) is 0 Å². The molecule has 2 heterocycles. The Kier molecular flexibility index (Phi) is 4.38. The molecule has 0 aromatic carbocycles. The molecule has 3 atom stereocenters. The number of carboxylic acid groups (broad SMARTS) is 1. The van der Waals surface area contributed by atoms with Crippen molar-refractivity contribution in [2.24, 2.45) is 11.7 Å². The number of hydrogen-bond acceptors (Lipinski definition) is 5. The van der Waals surface area contributed by atoms with Gasteiger partial charge in [-0.2, -0.15) is 0 Å². The first-order valence-electron chi connectivity index (χ1n) is 6.59. The second-order valence-corrected chi connectivity index (χ2v) is 5.18. The van der Waals surface area contributed by atoms with Crippen LogP contribution < -0.4 is 5.73 Å². The number of ether oxygens (including phenoxy) is 1. The number of aliphatic carboxylic acids is 1. The fourth-order valence-electron chi connectivity index (χ4n) is 2.55. The quantitative estimate of drug-likeness (QED) is 0.654. The Morgan fingerprint density at radius 1 is 1.26 bits per heavy atom. The van der Waals surface area contributed by atoms with Crippen LogP contribution in [-0.2, 0) is 14.3 Å². The van der Waals surface area contributed by atoms with Gasteiger partial charge >= 0.3 is 5.97 Å². The highest BCUT2D eigenvalue weighted by molar-refractivity contribution is 5.80. The van der Waals surface area contributed by atoms with Gasteiger partial charge in [0.2, 0.25) is 5.91 Å². The van der Waals surface area contributed by atoms with E-state index in [9.17, 15) is 9.59 Å². The fourth-order valence-corrected chi connectivity index (χ4v) is 2.55. The number of carboxylic acids is 1. The van der Waals surface area contributed by atoms with Gasteiger partial charge in [-0.1, -0.05) is 0 Å². The van der Waals surface area contributed by atoms with E-state index in [1.807, 2.05) is 4.90 Å². The molecule has 2 aliphatic heterocycles. The summed E-state index contributed by atoms with van der Waals surface area (Å²) in [5, 5.41) is 8.96. The van der Waals surface area contributed by atoms with Crippen LogP contribution in [0.5, 0.6) is 0 Å². The molecule has 0 radical (unpaired) electrons. The van der Waals surface area contributed by atoms with Crippen LogP contribution in [0.4, 0.5) is 0 Å². The minimum Gasteiger partial charge on any atom is -0.480 e. The molecule has 19 heavy (non-hydrogen) atoms. The number of nitrogens with zero attached hydrogens (tertiary/aromatic N) is 2. The van der Waals surface area contributed by atoms with Crippen LogP contribution in [0.1, 0.15) is 6.92 Å². The van der Waals surface area contributed by atoms with Crippen molar-refractivity contribution < 1.29 is 19.4 Å². The van der Waals surface area contributed by atoms with E-state index in [1.165, 1.54) is 0 Å². The predicted molar refractivity (Wildman–Crippen MR) is 67.5 cm³/mol. The molecule has 2 saturated heterocycles. The van der Waals surface area contributed by atoms with E-state index < -0.39 is 12.0 Å². The Morgan fingerprint density at radius 3 is 2.37 bits per heavy atom. The molecule has 0 aromatic heterocycles. The first kappa shape index (κ1) is 14.2. The highest BCUT2D eigenvalue weighted by Gasteiger charge is 2.36. The van der Waals surface area contributed by atoms with Crippen molar-refractivity contribution in [1.82, 2.24) is 9.80 Å². The van der Waals surface area contributed by atoms with Crippen LogP contribution in [-0.4, -0.2) is 78.3 Å². The molecule has 0 spiro atoms.